The van der Waals surface area contributed by atoms with Crippen LogP contribution in [0.5, 0.6) is 5.75 Å². The number of benzene rings is 2. The molecule has 1 amide bonds. The van der Waals surface area contributed by atoms with Crippen LogP contribution in [-0.2, 0) is 14.3 Å². The van der Waals surface area contributed by atoms with Crippen molar-refractivity contribution in [3.63, 3.8) is 0 Å². The number of ether oxygens (including phenoxy) is 2. The van der Waals surface area contributed by atoms with Gasteiger partial charge in [0.05, 0.1) is 7.11 Å². The third kappa shape index (κ3) is 5.42. The Morgan fingerprint density at radius 1 is 1.12 bits per heavy atom. The van der Waals surface area contributed by atoms with Crippen LogP contribution >= 0.6 is 0 Å². The maximum absolute atomic E-state index is 13.4. The molecule has 0 aromatic heterocycles. The van der Waals surface area contributed by atoms with Gasteiger partial charge >= 0.3 is 5.97 Å². The normalized spacial score (nSPS) is 10.5. The molecular formula is C18H15F2NO4. The lowest BCUT2D eigenvalue weighted by Crippen LogP contribution is -2.21. The third-order valence-corrected chi connectivity index (χ3v) is 3.08. The Kier molecular flexibility index (Phi) is 6.22. The molecule has 0 aliphatic heterocycles. The highest BCUT2D eigenvalue weighted by atomic mass is 19.1. The molecule has 1 N–H and O–H groups in total. The van der Waals surface area contributed by atoms with Gasteiger partial charge in [-0.25, -0.2) is 13.6 Å². The molecule has 0 atom stereocenters. The number of halogens is 2. The lowest BCUT2D eigenvalue weighted by Gasteiger charge is -2.07. The summed E-state index contributed by atoms with van der Waals surface area (Å²) in [4.78, 5) is 23.2. The van der Waals surface area contributed by atoms with Crippen molar-refractivity contribution < 1.29 is 27.8 Å². The summed E-state index contributed by atoms with van der Waals surface area (Å²) < 4.78 is 36.6. The van der Waals surface area contributed by atoms with Gasteiger partial charge in [-0.15, -0.1) is 0 Å². The molecular weight excluding hydrogens is 332 g/mol. The van der Waals surface area contributed by atoms with E-state index >= 15 is 0 Å². The molecule has 25 heavy (non-hydrogen) atoms. The molecule has 0 unspecified atom stereocenters. The van der Waals surface area contributed by atoms with Gasteiger partial charge in [0.25, 0.3) is 5.91 Å². The van der Waals surface area contributed by atoms with Crippen molar-refractivity contribution in [3.8, 4) is 5.75 Å². The third-order valence-electron chi connectivity index (χ3n) is 3.08. The second kappa shape index (κ2) is 8.58. The highest BCUT2D eigenvalue weighted by Gasteiger charge is 2.12. The lowest BCUT2D eigenvalue weighted by atomic mass is 10.2. The Balaban J connectivity index is 1.87. The first-order valence-electron chi connectivity index (χ1n) is 7.22. The molecule has 0 radical (unpaired) electrons. The van der Waals surface area contributed by atoms with Gasteiger partial charge in [-0.3, -0.25) is 4.79 Å². The Hall–Kier alpha value is -3.22. The van der Waals surface area contributed by atoms with Gasteiger partial charge in [0.2, 0.25) is 0 Å². The van der Waals surface area contributed by atoms with Crippen molar-refractivity contribution in [1.29, 1.82) is 0 Å². The molecule has 5 nitrogen and oxygen atoms in total. The molecule has 0 heterocycles. The van der Waals surface area contributed by atoms with Crippen LogP contribution in [0.15, 0.2) is 48.5 Å². The van der Waals surface area contributed by atoms with E-state index in [4.69, 9.17) is 9.47 Å². The average Bonchev–Trinajstić information content (AvgIpc) is 2.61. The number of nitrogens with one attached hydrogen (secondary N) is 1. The molecule has 2 aromatic rings. The van der Waals surface area contributed by atoms with E-state index in [0.29, 0.717) is 11.3 Å². The van der Waals surface area contributed by atoms with Gasteiger partial charge in [-0.1, -0.05) is 18.2 Å². The van der Waals surface area contributed by atoms with Crippen LogP contribution in [-0.4, -0.2) is 25.6 Å². The van der Waals surface area contributed by atoms with Crippen LogP contribution < -0.4 is 10.1 Å². The molecule has 2 aromatic carbocycles. The first kappa shape index (κ1) is 18.1. The van der Waals surface area contributed by atoms with Crippen LogP contribution in [0.3, 0.4) is 0 Å². The molecule has 2 rings (SSSR count). The number of carbonyl (C=O) groups is 2. The lowest BCUT2D eigenvalue weighted by molar-refractivity contribution is -0.142. The van der Waals surface area contributed by atoms with Crippen LogP contribution in [0.25, 0.3) is 6.08 Å². The summed E-state index contributed by atoms with van der Waals surface area (Å²) in [6, 6.07) is 10.1. The van der Waals surface area contributed by atoms with Crippen LogP contribution in [0, 0.1) is 11.6 Å². The standard InChI is InChI=1S/C18H15F2NO4/c1-24-13-5-2-4-12(10-13)8-9-17(23)25-11-16(22)21-18-14(19)6-3-7-15(18)20/h2-10H,11H2,1H3,(H,21,22)/b9-8+. The Morgan fingerprint density at radius 2 is 1.80 bits per heavy atom. The van der Waals surface area contributed by atoms with Crippen molar-refractivity contribution in [2.45, 2.75) is 0 Å². The number of carbonyl (C=O) groups excluding carboxylic acids is 2. The zero-order chi connectivity index (χ0) is 18.2. The van der Waals surface area contributed by atoms with Crippen molar-refractivity contribution >= 4 is 23.6 Å². The van der Waals surface area contributed by atoms with Gasteiger partial charge in [0, 0.05) is 6.08 Å². The van der Waals surface area contributed by atoms with Crippen molar-refractivity contribution in [2.24, 2.45) is 0 Å². The highest BCUT2D eigenvalue weighted by Crippen LogP contribution is 2.17. The molecule has 0 aliphatic carbocycles. The molecule has 0 aliphatic rings. The minimum absolute atomic E-state index is 0.588. The molecule has 0 bridgehead atoms. The molecule has 0 saturated heterocycles. The molecule has 0 spiro atoms. The van der Waals surface area contributed by atoms with Crippen LogP contribution in [0.1, 0.15) is 5.56 Å². The largest absolute Gasteiger partial charge is 0.497 e. The van der Waals surface area contributed by atoms with Gasteiger partial charge in [-0.05, 0) is 35.9 Å². The number of methoxy groups -OCH3 is 1. The maximum atomic E-state index is 13.4. The van der Waals surface area contributed by atoms with Crippen molar-refractivity contribution in [1.82, 2.24) is 0 Å². The summed E-state index contributed by atoms with van der Waals surface area (Å²) in [5.41, 5.74) is 0.115. The predicted octanol–water partition coefficient (Wildman–Crippen LogP) is 3.17. The average molecular weight is 347 g/mol. The zero-order valence-electron chi connectivity index (χ0n) is 13.3. The van der Waals surface area contributed by atoms with E-state index in [1.54, 1.807) is 24.3 Å². The summed E-state index contributed by atoms with van der Waals surface area (Å²) in [7, 11) is 1.52. The van der Waals surface area contributed by atoms with E-state index in [1.807, 2.05) is 5.32 Å². The molecule has 130 valence electrons. The summed E-state index contributed by atoms with van der Waals surface area (Å²) in [6.45, 7) is -0.672. The van der Waals surface area contributed by atoms with Gasteiger partial charge in [0.1, 0.15) is 23.1 Å². The Morgan fingerprint density at radius 3 is 2.48 bits per heavy atom. The number of esters is 1. The fourth-order valence-corrected chi connectivity index (χ4v) is 1.89. The second-order valence-corrected chi connectivity index (χ2v) is 4.86. The number of hydrogen-bond donors (Lipinski definition) is 1. The Labute approximate surface area is 142 Å². The minimum atomic E-state index is -0.919. The monoisotopic (exact) mass is 347 g/mol. The summed E-state index contributed by atoms with van der Waals surface area (Å²) >= 11 is 0. The first-order chi connectivity index (χ1) is 12.0. The van der Waals surface area contributed by atoms with Gasteiger partial charge < -0.3 is 14.8 Å². The second-order valence-electron chi connectivity index (χ2n) is 4.86. The highest BCUT2D eigenvalue weighted by molar-refractivity contribution is 5.94. The molecule has 7 heteroatoms. The van der Waals surface area contributed by atoms with Crippen LogP contribution in [0.4, 0.5) is 14.5 Å². The van der Waals surface area contributed by atoms with Crippen molar-refractivity contribution in [3.05, 3.63) is 65.7 Å². The van der Waals surface area contributed by atoms with E-state index < -0.39 is 35.8 Å². The fraction of sp³-hybridized carbons (Fsp3) is 0.111. The number of rotatable bonds is 6. The van der Waals surface area contributed by atoms with Crippen LogP contribution in [0.2, 0.25) is 0 Å². The topological polar surface area (TPSA) is 64.6 Å². The quantitative estimate of drug-likeness (QED) is 0.644. The van der Waals surface area contributed by atoms with Gasteiger partial charge in [0.15, 0.2) is 6.61 Å². The zero-order valence-corrected chi connectivity index (χ0v) is 13.3. The summed E-state index contributed by atoms with van der Waals surface area (Å²) in [5, 5.41) is 2.02. The summed E-state index contributed by atoms with van der Waals surface area (Å²) in [6.07, 6.45) is 2.62. The van der Waals surface area contributed by atoms with E-state index in [9.17, 15) is 18.4 Å². The van der Waals surface area contributed by atoms with E-state index in [1.165, 1.54) is 19.3 Å². The molecule has 0 saturated carbocycles. The molecule has 0 fully saturated rings. The Bertz CT molecular complexity index is 785. The van der Waals surface area contributed by atoms with Gasteiger partial charge in [-0.2, -0.15) is 0 Å². The van der Waals surface area contributed by atoms with E-state index in [0.717, 1.165) is 18.2 Å². The minimum Gasteiger partial charge on any atom is -0.497 e. The predicted molar refractivity (Wildman–Crippen MR) is 88.0 cm³/mol. The smallest absolute Gasteiger partial charge is 0.331 e. The number of hydrogen-bond acceptors (Lipinski definition) is 4. The first-order valence-corrected chi connectivity index (χ1v) is 7.22. The number of para-hydroxylation sites is 1. The summed E-state index contributed by atoms with van der Waals surface area (Å²) in [5.74, 6) is -2.84. The number of anilines is 1. The number of amides is 1. The fourth-order valence-electron chi connectivity index (χ4n) is 1.89. The van der Waals surface area contributed by atoms with E-state index in [2.05, 4.69) is 0 Å². The SMILES string of the molecule is COc1cccc(/C=C/C(=O)OCC(=O)Nc2c(F)cccc2F)c1. The van der Waals surface area contributed by atoms with Crippen molar-refractivity contribution in [2.75, 3.05) is 19.0 Å². The maximum Gasteiger partial charge on any atom is 0.331 e. The van der Waals surface area contributed by atoms with E-state index in [-0.39, 0.29) is 0 Å².